The van der Waals surface area contributed by atoms with Gasteiger partial charge >= 0.3 is 0 Å². The number of nitrogens with one attached hydrogen (secondary N) is 1. The molecule has 8 nitrogen and oxygen atoms in total. The van der Waals surface area contributed by atoms with Gasteiger partial charge in [-0.2, -0.15) is 4.31 Å². The number of nitrogens with zero attached hydrogens (tertiary/aromatic N) is 4. The van der Waals surface area contributed by atoms with Crippen LogP contribution in [0.1, 0.15) is 36.2 Å². The van der Waals surface area contributed by atoms with Gasteiger partial charge in [0.25, 0.3) is 5.91 Å². The van der Waals surface area contributed by atoms with Crippen LogP contribution in [0.25, 0.3) is 5.82 Å². The van der Waals surface area contributed by atoms with E-state index in [0.29, 0.717) is 37.0 Å². The second kappa shape index (κ2) is 9.22. The molecule has 9 heteroatoms. The van der Waals surface area contributed by atoms with Gasteiger partial charge in [-0.05, 0) is 54.2 Å². The zero-order valence-corrected chi connectivity index (χ0v) is 19.0. The molecule has 32 heavy (non-hydrogen) atoms. The van der Waals surface area contributed by atoms with E-state index < -0.39 is 10.0 Å². The Morgan fingerprint density at radius 2 is 1.81 bits per heavy atom. The summed E-state index contributed by atoms with van der Waals surface area (Å²) in [6, 6.07) is 9.87. The van der Waals surface area contributed by atoms with E-state index in [0.717, 1.165) is 17.8 Å². The predicted octanol–water partition coefficient (Wildman–Crippen LogP) is 2.86. The van der Waals surface area contributed by atoms with E-state index in [-0.39, 0.29) is 10.8 Å². The highest BCUT2D eigenvalue weighted by Crippen LogP contribution is 2.26. The second-order valence-electron chi connectivity index (χ2n) is 8.47. The van der Waals surface area contributed by atoms with Crippen LogP contribution in [0.3, 0.4) is 0 Å². The lowest BCUT2D eigenvalue weighted by Crippen LogP contribution is -2.42. The molecule has 4 rings (SSSR count). The van der Waals surface area contributed by atoms with Gasteiger partial charge in [0.2, 0.25) is 10.0 Å². The van der Waals surface area contributed by atoms with E-state index in [1.165, 1.54) is 12.1 Å². The summed E-state index contributed by atoms with van der Waals surface area (Å²) in [4.78, 5) is 21.1. The predicted molar refractivity (Wildman–Crippen MR) is 121 cm³/mol. The van der Waals surface area contributed by atoms with Crippen molar-refractivity contribution < 1.29 is 13.2 Å². The highest BCUT2D eigenvalue weighted by Gasteiger charge is 2.31. The summed E-state index contributed by atoms with van der Waals surface area (Å²) in [5.41, 5.74) is 1.27. The molecule has 3 heterocycles. The molecule has 1 fully saturated rings. The number of rotatable bonds is 6. The number of sulfonamides is 1. The van der Waals surface area contributed by atoms with Gasteiger partial charge in [0.05, 0.1) is 4.90 Å². The third-order valence-electron chi connectivity index (χ3n) is 5.62. The average Bonchev–Trinajstić information content (AvgIpc) is 3.32. The number of carbonyl (C=O) groups is 1. The van der Waals surface area contributed by atoms with Crippen LogP contribution in [0.2, 0.25) is 0 Å². The average molecular weight is 454 g/mol. The fraction of sp³-hybridized carbons (Fsp3) is 0.348. The molecule has 168 valence electrons. The lowest BCUT2D eigenvalue weighted by atomic mass is 9.94. The number of piperidine rings is 1. The van der Waals surface area contributed by atoms with Gasteiger partial charge in [-0.1, -0.05) is 19.9 Å². The smallest absolute Gasteiger partial charge is 0.251 e. The van der Waals surface area contributed by atoms with E-state index in [2.05, 4.69) is 29.1 Å². The minimum Gasteiger partial charge on any atom is -0.348 e. The Hall–Kier alpha value is -3.04. The van der Waals surface area contributed by atoms with Crippen molar-refractivity contribution in [3.05, 3.63) is 72.4 Å². The van der Waals surface area contributed by atoms with Crippen LogP contribution in [0.15, 0.2) is 66.2 Å². The number of imidazole rings is 1. The first-order valence-corrected chi connectivity index (χ1v) is 12.1. The first kappa shape index (κ1) is 22.2. The van der Waals surface area contributed by atoms with Crippen LogP contribution in [0.4, 0.5) is 0 Å². The number of amides is 1. The molecule has 0 bridgehead atoms. The molecule has 2 aromatic heterocycles. The fourth-order valence-electron chi connectivity index (χ4n) is 4.08. The van der Waals surface area contributed by atoms with Crippen molar-refractivity contribution in [1.82, 2.24) is 24.2 Å². The van der Waals surface area contributed by atoms with Gasteiger partial charge in [-0.3, -0.25) is 9.36 Å². The molecular formula is C23H27N5O3S. The van der Waals surface area contributed by atoms with Crippen molar-refractivity contribution in [2.75, 3.05) is 13.1 Å². The molecule has 1 amide bonds. The van der Waals surface area contributed by atoms with Gasteiger partial charge in [-0.25, -0.2) is 18.4 Å². The lowest BCUT2D eigenvalue weighted by molar-refractivity contribution is 0.0950. The first-order valence-electron chi connectivity index (χ1n) is 10.6. The van der Waals surface area contributed by atoms with Crippen LogP contribution in [0.5, 0.6) is 0 Å². The maximum absolute atomic E-state index is 13.0. The minimum atomic E-state index is -3.56. The Morgan fingerprint density at radius 3 is 2.41 bits per heavy atom. The summed E-state index contributed by atoms with van der Waals surface area (Å²) < 4.78 is 29.3. The molecule has 0 spiro atoms. The molecule has 1 aliphatic rings. The van der Waals surface area contributed by atoms with E-state index in [1.807, 2.05) is 12.1 Å². The number of hydrogen-bond donors (Lipinski definition) is 1. The number of hydrogen-bond acceptors (Lipinski definition) is 5. The van der Waals surface area contributed by atoms with Crippen LogP contribution in [-0.4, -0.2) is 46.3 Å². The van der Waals surface area contributed by atoms with Crippen molar-refractivity contribution >= 4 is 15.9 Å². The van der Waals surface area contributed by atoms with Gasteiger partial charge in [-0.15, -0.1) is 0 Å². The van der Waals surface area contributed by atoms with E-state index in [1.54, 1.807) is 45.9 Å². The van der Waals surface area contributed by atoms with Gasteiger partial charge in [0, 0.05) is 43.8 Å². The van der Waals surface area contributed by atoms with Crippen molar-refractivity contribution in [3.63, 3.8) is 0 Å². The third-order valence-corrected chi connectivity index (χ3v) is 7.47. The zero-order chi connectivity index (χ0) is 22.7. The molecule has 1 aliphatic heterocycles. The highest BCUT2D eigenvalue weighted by atomic mass is 32.2. The first-order chi connectivity index (χ1) is 15.3. The third kappa shape index (κ3) is 4.89. The van der Waals surface area contributed by atoms with E-state index in [9.17, 15) is 13.2 Å². The molecule has 1 aromatic carbocycles. The van der Waals surface area contributed by atoms with Crippen LogP contribution >= 0.6 is 0 Å². The minimum absolute atomic E-state index is 0.217. The van der Waals surface area contributed by atoms with E-state index in [4.69, 9.17) is 0 Å². The summed E-state index contributed by atoms with van der Waals surface area (Å²) in [5.74, 6) is 1.14. The molecule has 0 aliphatic carbocycles. The number of carbonyl (C=O) groups excluding carboxylic acids is 1. The van der Waals surface area contributed by atoms with Gasteiger partial charge in [0.15, 0.2) is 0 Å². The molecule has 2 unspecified atom stereocenters. The summed E-state index contributed by atoms with van der Waals surface area (Å²) in [5, 5.41) is 2.84. The van der Waals surface area contributed by atoms with Crippen LogP contribution in [-0.2, 0) is 16.6 Å². The Labute approximate surface area is 188 Å². The van der Waals surface area contributed by atoms with Gasteiger partial charge in [0.1, 0.15) is 12.1 Å². The maximum Gasteiger partial charge on any atom is 0.251 e. The zero-order valence-electron chi connectivity index (χ0n) is 18.2. The Bertz CT molecular complexity index is 1150. The number of benzene rings is 1. The van der Waals surface area contributed by atoms with Crippen molar-refractivity contribution in [3.8, 4) is 5.82 Å². The summed E-state index contributed by atoms with van der Waals surface area (Å²) in [6.45, 7) is 5.53. The molecule has 2 atom stereocenters. The largest absolute Gasteiger partial charge is 0.348 e. The van der Waals surface area contributed by atoms with Crippen molar-refractivity contribution in [2.24, 2.45) is 11.8 Å². The topological polar surface area (TPSA) is 97.2 Å². The number of pyridine rings is 1. The molecule has 1 N–H and O–H groups in total. The molecule has 3 aromatic rings. The monoisotopic (exact) mass is 453 g/mol. The van der Waals surface area contributed by atoms with Crippen LogP contribution in [0, 0.1) is 11.8 Å². The van der Waals surface area contributed by atoms with Crippen molar-refractivity contribution in [2.45, 2.75) is 31.7 Å². The summed E-state index contributed by atoms with van der Waals surface area (Å²) in [7, 11) is -3.56. The van der Waals surface area contributed by atoms with Crippen LogP contribution < -0.4 is 5.32 Å². The summed E-state index contributed by atoms with van der Waals surface area (Å²) in [6.07, 6.45) is 7.89. The molecule has 1 saturated heterocycles. The standard InChI is InChI=1S/C23H27N5O3S/c1-17-11-18(2)15-28(14-17)32(30,31)21-6-4-20(5-7-21)23(29)26-13-19-3-8-22(25-12-19)27-10-9-24-16-27/h3-10,12,16-18H,11,13-15H2,1-2H3,(H,26,29). The molecular weight excluding hydrogens is 426 g/mol. The SMILES string of the molecule is CC1CC(C)CN(S(=O)(=O)c2ccc(C(=O)NCc3ccc(-n4ccnc4)nc3)cc2)C1. The Balaban J connectivity index is 1.38. The maximum atomic E-state index is 13.0. The van der Waals surface area contributed by atoms with E-state index >= 15 is 0 Å². The van der Waals surface area contributed by atoms with Crippen molar-refractivity contribution in [1.29, 1.82) is 0 Å². The number of aromatic nitrogens is 3. The highest BCUT2D eigenvalue weighted by molar-refractivity contribution is 7.89. The molecule has 0 saturated carbocycles. The Morgan fingerprint density at radius 1 is 1.09 bits per heavy atom. The quantitative estimate of drug-likeness (QED) is 0.619. The summed E-state index contributed by atoms with van der Waals surface area (Å²) >= 11 is 0. The normalized spacial score (nSPS) is 19.6. The second-order valence-corrected chi connectivity index (χ2v) is 10.4. The Kier molecular flexibility index (Phi) is 6.38. The van der Waals surface area contributed by atoms with Gasteiger partial charge < -0.3 is 5.32 Å². The fourth-order valence-corrected chi connectivity index (χ4v) is 5.76. The molecule has 0 radical (unpaired) electrons. The lowest BCUT2D eigenvalue weighted by Gasteiger charge is -2.34.